The first kappa shape index (κ1) is 12.5. The molecule has 0 aliphatic carbocycles. The Bertz CT molecular complexity index is 860. The molecular formula is C14H10ClN5. The third-order valence-electron chi connectivity index (χ3n) is 3.09. The monoisotopic (exact) mass is 283 g/mol. The van der Waals surface area contributed by atoms with Gasteiger partial charge in [0.1, 0.15) is 17.5 Å². The van der Waals surface area contributed by atoms with Crippen LogP contribution in [0.2, 0.25) is 5.02 Å². The number of hydrogen-bond acceptors (Lipinski definition) is 4. The van der Waals surface area contributed by atoms with Crippen LogP contribution in [0.1, 0.15) is 11.3 Å². The van der Waals surface area contributed by atoms with Gasteiger partial charge in [0.15, 0.2) is 5.65 Å². The molecule has 0 saturated heterocycles. The summed E-state index contributed by atoms with van der Waals surface area (Å²) in [5.74, 6) is 0.286. The lowest BCUT2D eigenvalue weighted by Crippen LogP contribution is -2.03. The largest absolute Gasteiger partial charge is 0.382 e. The summed E-state index contributed by atoms with van der Waals surface area (Å²) in [6.45, 7) is 1.87. The van der Waals surface area contributed by atoms with Gasteiger partial charge in [0.2, 0.25) is 0 Å². The zero-order valence-electron chi connectivity index (χ0n) is 10.6. The Hall–Kier alpha value is -2.58. The molecule has 0 aliphatic rings. The van der Waals surface area contributed by atoms with E-state index in [-0.39, 0.29) is 5.82 Å². The number of nitriles is 1. The van der Waals surface area contributed by atoms with Crippen LogP contribution in [0.15, 0.2) is 30.5 Å². The molecule has 0 saturated carbocycles. The van der Waals surface area contributed by atoms with Gasteiger partial charge in [-0.1, -0.05) is 23.7 Å². The van der Waals surface area contributed by atoms with E-state index in [0.29, 0.717) is 16.2 Å². The van der Waals surface area contributed by atoms with Crippen LogP contribution in [0, 0.1) is 18.3 Å². The van der Waals surface area contributed by atoms with Crippen LogP contribution >= 0.6 is 11.6 Å². The third kappa shape index (κ3) is 1.78. The molecule has 0 bridgehead atoms. The molecule has 0 radical (unpaired) electrons. The number of halogens is 1. The molecule has 6 heteroatoms. The SMILES string of the molecule is Cc1nn2c(N)c(C#N)cnc2c1-c1cccc(Cl)c1. The summed E-state index contributed by atoms with van der Waals surface area (Å²) in [5.41, 5.74) is 9.41. The molecule has 0 unspecified atom stereocenters. The molecule has 0 aliphatic heterocycles. The Morgan fingerprint density at radius 2 is 2.20 bits per heavy atom. The lowest BCUT2D eigenvalue weighted by atomic mass is 10.1. The molecule has 98 valence electrons. The molecular weight excluding hydrogens is 274 g/mol. The number of aryl methyl sites for hydroxylation is 1. The standard InChI is InChI=1S/C14H10ClN5/c1-8-12(9-3-2-4-11(15)5-9)14-18-7-10(6-16)13(17)20(14)19-8/h2-5,7H,17H2,1H3. The van der Waals surface area contributed by atoms with Crippen molar-refractivity contribution in [2.45, 2.75) is 6.92 Å². The molecule has 2 heterocycles. The zero-order valence-corrected chi connectivity index (χ0v) is 11.4. The number of nitrogen functional groups attached to an aromatic ring is 1. The van der Waals surface area contributed by atoms with Gasteiger partial charge in [-0.15, -0.1) is 0 Å². The topological polar surface area (TPSA) is 80.0 Å². The zero-order chi connectivity index (χ0) is 14.3. The van der Waals surface area contributed by atoms with Crippen LogP contribution in [0.4, 0.5) is 5.82 Å². The van der Waals surface area contributed by atoms with E-state index in [1.807, 2.05) is 37.3 Å². The highest BCUT2D eigenvalue weighted by molar-refractivity contribution is 6.30. The van der Waals surface area contributed by atoms with Crippen LogP contribution in [0.3, 0.4) is 0 Å². The Morgan fingerprint density at radius 3 is 2.90 bits per heavy atom. The Kier molecular flexibility index (Phi) is 2.81. The quantitative estimate of drug-likeness (QED) is 0.744. The second-order valence-electron chi connectivity index (χ2n) is 4.38. The second kappa shape index (κ2) is 4.51. The van der Waals surface area contributed by atoms with Crippen molar-refractivity contribution >= 4 is 23.1 Å². The fourth-order valence-electron chi connectivity index (χ4n) is 2.18. The molecule has 20 heavy (non-hydrogen) atoms. The van der Waals surface area contributed by atoms with Crippen LogP contribution in [-0.2, 0) is 0 Å². The van der Waals surface area contributed by atoms with Gasteiger partial charge in [-0.05, 0) is 24.6 Å². The summed E-state index contributed by atoms with van der Waals surface area (Å²) in [7, 11) is 0. The van der Waals surface area contributed by atoms with Crippen LogP contribution in [0.25, 0.3) is 16.8 Å². The van der Waals surface area contributed by atoms with Gasteiger partial charge in [0.25, 0.3) is 0 Å². The number of benzene rings is 1. The normalized spacial score (nSPS) is 10.7. The van der Waals surface area contributed by atoms with E-state index in [1.54, 1.807) is 0 Å². The molecule has 1 aromatic carbocycles. The molecule has 3 aromatic rings. The summed E-state index contributed by atoms with van der Waals surface area (Å²) in [4.78, 5) is 4.29. The van der Waals surface area contributed by atoms with Gasteiger partial charge in [-0.25, -0.2) is 4.98 Å². The van der Waals surface area contributed by atoms with E-state index < -0.39 is 0 Å². The van der Waals surface area contributed by atoms with E-state index in [0.717, 1.165) is 16.8 Å². The molecule has 0 atom stereocenters. The molecule has 0 fully saturated rings. The highest BCUT2D eigenvalue weighted by Crippen LogP contribution is 2.30. The fourth-order valence-corrected chi connectivity index (χ4v) is 2.37. The molecule has 5 nitrogen and oxygen atoms in total. The van der Waals surface area contributed by atoms with Crippen molar-refractivity contribution in [1.29, 1.82) is 5.26 Å². The maximum atomic E-state index is 8.98. The number of fused-ring (bicyclic) bond motifs is 1. The number of rotatable bonds is 1. The van der Waals surface area contributed by atoms with Crippen molar-refractivity contribution < 1.29 is 0 Å². The first-order chi connectivity index (χ1) is 9.61. The number of nitrogens with two attached hydrogens (primary N) is 1. The third-order valence-corrected chi connectivity index (χ3v) is 3.32. The minimum Gasteiger partial charge on any atom is -0.382 e. The Morgan fingerprint density at radius 1 is 1.40 bits per heavy atom. The van der Waals surface area contributed by atoms with Crippen molar-refractivity contribution in [2.24, 2.45) is 0 Å². The van der Waals surface area contributed by atoms with E-state index in [4.69, 9.17) is 22.6 Å². The van der Waals surface area contributed by atoms with Crippen molar-refractivity contribution in [3.05, 3.63) is 46.7 Å². The van der Waals surface area contributed by atoms with Crippen LogP contribution in [-0.4, -0.2) is 14.6 Å². The number of nitrogens with zero attached hydrogens (tertiary/aromatic N) is 4. The Balaban J connectivity index is 2.35. The molecule has 3 rings (SSSR count). The lowest BCUT2D eigenvalue weighted by Gasteiger charge is -2.03. The highest BCUT2D eigenvalue weighted by atomic mass is 35.5. The van der Waals surface area contributed by atoms with Crippen molar-refractivity contribution in [2.75, 3.05) is 5.73 Å². The Labute approximate surface area is 120 Å². The number of aromatic nitrogens is 3. The summed E-state index contributed by atoms with van der Waals surface area (Å²) in [5, 5.41) is 14.0. The average Bonchev–Trinajstić information content (AvgIpc) is 2.76. The second-order valence-corrected chi connectivity index (χ2v) is 4.81. The number of hydrogen-bond donors (Lipinski definition) is 1. The smallest absolute Gasteiger partial charge is 0.165 e. The number of anilines is 1. The minimum absolute atomic E-state index is 0.286. The summed E-state index contributed by atoms with van der Waals surface area (Å²) < 4.78 is 1.49. The van der Waals surface area contributed by atoms with Gasteiger partial charge in [0, 0.05) is 10.6 Å². The van der Waals surface area contributed by atoms with Gasteiger partial charge < -0.3 is 5.73 Å². The van der Waals surface area contributed by atoms with E-state index in [2.05, 4.69) is 10.1 Å². The molecule has 2 N–H and O–H groups in total. The van der Waals surface area contributed by atoms with E-state index in [1.165, 1.54) is 10.7 Å². The van der Waals surface area contributed by atoms with Gasteiger partial charge in [0.05, 0.1) is 11.9 Å². The molecule has 2 aromatic heterocycles. The van der Waals surface area contributed by atoms with Gasteiger partial charge >= 0.3 is 0 Å². The van der Waals surface area contributed by atoms with Crippen LogP contribution < -0.4 is 5.73 Å². The van der Waals surface area contributed by atoms with Gasteiger partial charge in [-0.3, -0.25) is 0 Å². The lowest BCUT2D eigenvalue weighted by molar-refractivity contribution is 0.925. The predicted octanol–water partition coefficient (Wildman–Crippen LogP) is 2.81. The average molecular weight is 284 g/mol. The van der Waals surface area contributed by atoms with Crippen molar-refractivity contribution in [1.82, 2.24) is 14.6 Å². The highest BCUT2D eigenvalue weighted by Gasteiger charge is 2.16. The maximum absolute atomic E-state index is 8.98. The minimum atomic E-state index is 0.286. The summed E-state index contributed by atoms with van der Waals surface area (Å²) in [6, 6.07) is 9.46. The fraction of sp³-hybridized carbons (Fsp3) is 0.0714. The first-order valence-corrected chi connectivity index (χ1v) is 6.29. The summed E-state index contributed by atoms with van der Waals surface area (Å²) >= 11 is 6.03. The predicted molar refractivity (Wildman–Crippen MR) is 77.3 cm³/mol. The molecule has 0 amide bonds. The van der Waals surface area contributed by atoms with E-state index in [9.17, 15) is 0 Å². The molecule has 0 spiro atoms. The maximum Gasteiger partial charge on any atom is 0.165 e. The van der Waals surface area contributed by atoms with Crippen molar-refractivity contribution in [3.8, 4) is 17.2 Å². The van der Waals surface area contributed by atoms with Gasteiger partial charge in [-0.2, -0.15) is 14.9 Å². The first-order valence-electron chi connectivity index (χ1n) is 5.91. The summed E-state index contributed by atoms with van der Waals surface area (Å²) in [6.07, 6.45) is 1.46. The van der Waals surface area contributed by atoms with Crippen molar-refractivity contribution in [3.63, 3.8) is 0 Å². The van der Waals surface area contributed by atoms with Crippen LogP contribution in [0.5, 0.6) is 0 Å². The van der Waals surface area contributed by atoms with E-state index >= 15 is 0 Å².